The molecule has 0 aliphatic carbocycles. The first kappa shape index (κ1) is 18.7. The molecule has 0 unspecified atom stereocenters. The molecule has 3 aromatic rings. The molecule has 0 aliphatic heterocycles. The number of primary amides is 1. The Kier molecular flexibility index (Phi) is 5.04. The normalized spacial score (nSPS) is 11.4. The minimum atomic E-state index is -0.548. The average molecular weight is 363 g/mol. The topological polar surface area (TPSA) is 70.1 Å². The number of carbonyl (C=O) groups excluding carboxylic acids is 1. The molecular weight excluding hydrogens is 338 g/mol. The number of nitrogens with two attached hydrogens (primary N) is 1. The van der Waals surface area contributed by atoms with Gasteiger partial charge in [-0.3, -0.25) is 4.79 Å². The maximum atomic E-state index is 11.7. The first-order valence-electron chi connectivity index (χ1n) is 8.90. The van der Waals surface area contributed by atoms with Crippen LogP contribution in [0.5, 0.6) is 5.75 Å². The Labute approximate surface area is 159 Å². The SMILES string of the molecule is COc1ccc(-n2nc(C(N)=O)cc2-c2ccc(CC(C)(C)C)cc2)cc1. The Morgan fingerprint density at radius 3 is 2.22 bits per heavy atom. The van der Waals surface area contributed by atoms with Gasteiger partial charge >= 0.3 is 0 Å². The number of hydrogen-bond acceptors (Lipinski definition) is 3. The van der Waals surface area contributed by atoms with Crippen molar-refractivity contribution in [2.24, 2.45) is 11.1 Å². The number of benzene rings is 2. The van der Waals surface area contributed by atoms with Crippen LogP contribution < -0.4 is 10.5 Å². The fourth-order valence-electron chi connectivity index (χ4n) is 3.03. The molecule has 0 fully saturated rings. The van der Waals surface area contributed by atoms with Crippen molar-refractivity contribution in [3.8, 4) is 22.7 Å². The number of amides is 1. The van der Waals surface area contributed by atoms with Crippen molar-refractivity contribution >= 4 is 5.91 Å². The zero-order valence-corrected chi connectivity index (χ0v) is 16.2. The van der Waals surface area contributed by atoms with E-state index in [0.29, 0.717) is 0 Å². The quantitative estimate of drug-likeness (QED) is 0.737. The molecule has 0 spiro atoms. The van der Waals surface area contributed by atoms with Crippen LogP contribution in [0.1, 0.15) is 36.8 Å². The van der Waals surface area contributed by atoms with E-state index >= 15 is 0 Å². The molecular formula is C22H25N3O2. The summed E-state index contributed by atoms with van der Waals surface area (Å²) in [5.74, 6) is 0.210. The van der Waals surface area contributed by atoms with Gasteiger partial charge in [-0.15, -0.1) is 0 Å². The summed E-state index contributed by atoms with van der Waals surface area (Å²) in [5, 5.41) is 4.39. The van der Waals surface area contributed by atoms with Crippen LogP contribution >= 0.6 is 0 Å². The minimum absolute atomic E-state index is 0.228. The maximum absolute atomic E-state index is 11.7. The Bertz CT molecular complexity index is 933. The van der Waals surface area contributed by atoms with E-state index in [0.717, 1.165) is 29.1 Å². The molecule has 2 N–H and O–H groups in total. The van der Waals surface area contributed by atoms with Gasteiger partial charge < -0.3 is 10.5 Å². The first-order chi connectivity index (χ1) is 12.8. The first-order valence-corrected chi connectivity index (χ1v) is 8.90. The standard InChI is InChI=1S/C22H25N3O2/c1-22(2,3)14-15-5-7-16(8-6-15)20-13-19(21(23)26)24-25(20)17-9-11-18(27-4)12-10-17/h5-13H,14H2,1-4H3,(H2,23,26). The van der Waals surface area contributed by atoms with Gasteiger partial charge in [0, 0.05) is 5.56 Å². The van der Waals surface area contributed by atoms with Crippen LogP contribution in [0.2, 0.25) is 0 Å². The number of methoxy groups -OCH3 is 1. The molecule has 5 heteroatoms. The van der Waals surface area contributed by atoms with Crippen molar-refractivity contribution in [1.29, 1.82) is 0 Å². The van der Waals surface area contributed by atoms with E-state index < -0.39 is 5.91 Å². The Morgan fingerprint density at radius 2 is 1.70 bits per heavy atom. The van der Waals surface area contributed by atoms with E-state index in [9.17, 15) is 4.79 Å². The molecule has 1 aromatic heterocycles. The lowest BCUT2D eigenvalue weighted by Gasteiger charge is -2.18. The Morgan fingerprint density at radius 1 is 1.07 bits per heavy atom. The minimum Gasteiger partial charge on any atom is -0.497 e. The van der Waals surface area contributed by atoms with Crippen LogP contribution in [0.15, 0.2) is 54.6 Å². The smallest absolute Gasteiger partial charge is 0.269 e. The monoisotopic (exact) mass is 363 g/mol. The fourth-order valence-corrected chi connectivity index (χ4v) is 3.03. The predicted molar refractivity (Wildman–Crippen MR) is 107 cm³/mol. The van der Waals surface area contributed by atoms with Gasteiger partial charge in [0.05, 0.1) is 18.5 Å². The van der Waals surface area contributed by atoms with E-state index in [1.165, 1.54) is 5.56 Å². The number of hydrogen-bond donors (Lipinski definition) is 1. The van der Waals surface area contributed by atoms with E-state index in [-0.39, 0.29) is 11.1 Å². The van der Waals surface area contributed by atoms with Gasteiger partial charge in [0.1, 0.15) is 5.75 Å². The predicted octanol–water partition coefficient (Wildman–Crippen LogP) is 4.24. The molecule has 0 atom stereocenters. The molecule has 0 bridgehead atoms. The summed E-state index contributed by atoms with van der Waals surface area (Å²) in [5.41, 5.74) is 9.82. The van der Waals surface area contributed by atoms with Gasteiger partial charge in [-0.1, -0.05) is 45.0 Å². The van der Waals surface area contributed by atoms with Gasteiger partial charge in [0.15, 0.2) is 5.69 Å². The largest absolute Gasteiger partial charge is 0.497 e. The second-order valence-corrected chi connectivity index (χ2v) is 7.82. The summed E-state index contributed by atoms with van der Waals surface area (Å²) in [6, 6.07) is 17.6. The van der Waals surface area contributed by atoms with Gasteiger partial charge in [0.2, 0.25) is 0 Å². The molecule has 0 saturated heterocycles. The number of rotatable bonds is 5. The molecule has 0 aliphatic rings. The molecule has 0 radical (unpaired) electrons. The molecule has 140 valence electrons. The van der Waals surface area contributed by atoms with Gasteiger partial charge in [-0.2, -0.15) is 5.10 Å². The third-order valence-corrected chi connectivity index (χ3v) is 4.26. The lowest BCUT2D eigenvalue weighted by Crippen LogP contribution is -2.12. The van der Waals surface area contributed by atoms with Crippen molar-refractivity contribution in [3.63, 3.8) is 0 Å². The molecule has 5 nitrogen and oxygen atoms in total. The van der Waals surface area contributed by atoms with Crippen molar-refractivity contribution < 1.29 is 9.53 Å². The number of carbonyl (C=O) groups is 1. The van der Waals surface area contributed by atoms with Crippen LogP contribution in [-0.4, -0.2) is 22.8 Å². The van der Waals surface area contributed by atoms with Crippen LogP contribution in [0, 0.1) is 5.41 Å². The maximum Gasteiger partial charge on any atom is 0.269 e. The lowest BCUT2D eigenvalue weighted by atomic mass is 9.88. The highest BCUT2D eigenvalue weighted by Gasteiger charge is 2.16. The zero-order chi connectivity index (χ0) is 19.6. The lowest BCUT2D eigenvalue weighted by molar-refractivity contribution is 0.0995. The number of aromatic nitrogens is 2. The van der Waals surface area contributed by atoms with Crippen molar-refractivity contribution in [2.45, 2.75) is 27.2 Å². The third kappa shape index (κ3) is 4.37. The molecule has 0 saturated carbocycles. The fraction of sp³-hybridized carbons (Fsp3) is 0.273. The third-order valence-electron chi connectivity index (χ3n) is 4.26. The van der Waals surface area contributed by atoms with Crippen molar-refractivity contribution in [3.05, 3.63) is 65.9 Å². The zero-order valence-electron chi connectivity index (χ0n) is 16.2. The van der Waals surface area contributed by atoms with Crippen LogP contribution in [0.25, 0.3) is 16.9 Å². The van der Waals surface area contributed by atoms with E-state index in [2.05, 4.69) is 50.1 Å². The van der Waals surface area contributed by atoms with Gasteiger partial charge in [0.25, 0.3) is 5.91 Å². The molecule has 3 rings (SSSR count). The van der Waals surface area contributed by atoms with Crippen LogP contribution in [0.4, 0.5) is 0 Å². The summed E-state index contributed by atoms with van der Waals surface area (Å²) in [4.78, 5) is 11.7. The summed E-state index contributed by atoms with van der Waals surface area (Å²) >= 11 is 0. The van der Waals surface area contributed by atoms with E-state index in [1.54, 1.807) is 17.9 Å². The number of nitrogens with zero attached hydrogens (tertiary/aromatic N) is 2. The number of ether oxygens (including phenoxy) is 1. The van der Waals surface area contributed by atoms with Gasteiger partial charge in [-0.25, -0.2) is 4.68 Å². The Hall–Kier alpha value is -3.08. The van der Waals surface area contributed by atoms with Crippen LogP contribution in [0.3, 0.4) is 0 Å². The van der Waals surface area contributed by atoms with E-state index in [1.807, 2.05) is 24.3 Å². The van der Waals surface area contributed by atoms with Crippen molar-refractivity contribution in [1.82, 2.24) is 9.78 Å². The highest BCUT2D eigenvalue weighted by Crippen LogP contribution is 2.27. The highest BCUT2D eigenvalue weighted by molar-refractivity contribution is 5.92. The van der Waals surface area contributed by atoms with E-state index in [4.69, 9.17) is 10.5 Å². The summed E-state index contributed by atoms with van der Waals surface area (Å²) in [6.07, 6.45) is 0.998. The summed E-state index contributed by atoms with van der Waals surface area (Å²) in [7, 11) is 1.62. The second-order valence-electron chi connectivity index (χ2n) is 7.82. The average Bonchev–Trinajstić information content (AvgIpc) is 3.07. The highest BCUT2D eigenvalue weighted by atomic mass is 16.5. The molecule has 1 amide bonds. The van der Waals surface area contributed by atoms with Gasteiger partial charge in [-0.05, 0) is 47.7 Å². The summed E-state index contributed by atoms with van der Waals surface area (Å²) < 4.78 is 6.95. The summed E-state index contributed by atoms with van der Waals surface area (Å²) in [6.45, 7) is 6.66. The molecule has 27 heavy (non-hydrogen) atoms. The second kappa shape index (κ2) is 7.27. The van der Waals surface area contributed by atoms with Crippen LogP contribution in [-0.2, 0) is 6.42 Å². The Balaban J connectivity index is 2.02. The molecule has 1 heterocycles. The van der Waals surface area contributed by atoms with Crippen molar-refractivity contribution in [2.75, 3.05) is 7.11 Å². The molecule has 2 aromatic carbocycles.